The van der Waals surface area contributed by atoms with Crippen molar-refractivity contribution < 1.29 is 4.79 Å². The van der Waals surface area contributed by atoms with Crippen LogP contribution >= 0.6 is 23.7 Å². The van der Waals surface area contributed by atoms with E-state index in [1.807, 2.05) is 30.2 Å². The van der Waals surface area contributed by atoms with Crippen LogP contribution in [0.2, 0.25) is 0 Å². The number of carbonyl (C=O) groups excluding carboxylic acids is 1. The highest BCUT2D eigenvalue weighted by Gasteiger charge is 2.32. The molecule has 1 unspecified atom stereocenters. The summed E-state index contributed by atoms with van der Waals surface area (Å²) < 4.78 is 1.76. The van der Waals surface area contributed by atoms with Crippen molar-refractivity contribution in [3.63, 3.8) is 0 Å². The van der Waals surface area contributed by atoms with Crippen LogP contribution in [0.5, 0.6) is 0 Å². The van der Waals surface area contributed by atoms with Gasteiger partial charge in [0.1, 0.15) is 10.7 Å². The number of thiophene rings is 1. The van der Waals surface area contributed by atoms with Gasteiger partial charge in [-0.1, -0.05) is 6.07 Å². The van der Waals surface area contributed by atoms with Gasteiger partial charge in [-0.25, -0.2) is 4.98 Å². The van der Waals surface area contributed by atoms with Crippen molar-refractivity contribution in [1.29, 1.82) is 0 Å². The fourth-order valence-corrected chi connectivity index (χ4v) is 5.37. The van der Waals surface area contributed by atoms with Gasteiger partial charge in [0.05, 0.1) is 16.3 Å². The topological polar surface area (TPSA) is 80.1 Å². The van der Waals surface area contributed by atoms with Gasteiger partial charge >= 0.3 is 0 Å². The Labute approximate surface area is 178 Å². The van der Waals surface area contributed by atoms with Crippen LogP contribution in [0.4, 0.5) is 0 Å². The molecule has 3 aromatic heterocycles. The molecule has 7 nitrogen and oxygen atoms in total. The molecule has 0 radical (unpaired) electrons. The number of hydrogen-bond acceptors (Lipinski definition) is 6. The van der Waals surface area contributed by atoms with Crippen molar-refractivity contribution in [3.05, 3.63) is 56.7 Å². The van der Waals surface area contributed by atoms with E-state index in [9.17, 15) is 9.59 Å². The molecule has 0 spiro atoms. The molecule has 3 aromatic rings. The van der Waals surface area contributed by atoms with Crippen LogP contribution in [0.15, 0.2) is 29.3 Å². The largest absolute Gasteiger partial charge is 0.328 e. The van der Waals surface area contributed by atoms with E-state index in [0.717, 1.165) is 42.9 Å². The van der Waals surface area contributed by atoms with Gasteiger partial charge in [-0.05, 0) is 30.5 Å². The van der Waals surface area contributed by atoms with Gasteiger partial charge in [0.2, 0.25) is 0 Å². The Morgan fingerprint density at radius 1 is 1.34 bits per heavy atom. The lowest BCUT2D eigenvalue weighted by atomic mass is 10.0. The Morgan fingerprint density at radius 3 is 3.00 bits per heavy atom. The van der Waals surface area contributed by atoms with Crippen LogP contribution < -0.4 is 10.9 Å². The van der Waals surface area contributed by atoms with Gasteiger partial charge in [0, 0.05) is 45.0 Å². The monoisotopic (exact) mass is 431 g/mol. The average Bonchev–Trinajstić information content (AvgIpc) is 3.33. The van der Waals surface area contributed by atoms with E-state index in [4.69, 9.17) is 4.98 Å². The number of hydrogen-bond donors (Lipinski definition) is 1. The van der Waals surface area contributed by atoms with Crippen molar-refractivity contribution in [3.8, 4) is 0 Å². The van der Waals surface area contributed by atoms with Crippen molar-refractivity contribution in [2.75, 3.05) is 19.6 Å². The molecule has 152 valence electrons. The van der Waals surface area contributed by atoms with E-state index in [0.29, 0.717) is 28.2 Å². The Bertz CT molecular complexity index is 1130. The second-order valence-corrected chi connectivity index (χ2v) is 8.33. The first-order chi connectivity index (χ1) is 13.6. The minimum Gasteiger partial charge on any atom is -0.328 e. The SMILES string of the molecule is Cc1c(C(=O)N2CCNCC2c2cccnc2)sc2nc3n(c(=O)c12)CCC3.Cl. The van der Waals surface area contributed by atoms with Crippen LogP contribution in [0.3, 0.4) is 0 Å². The van der Waals surface area contributed by atoms with Gasteiger partial charge in [-0.2, -0.15) is 0 Å². The summed E-state index contributed by atoms with van der Waals surface area (Å²) in [7, 11) is 0. The molecular formula is C20H22ClN5O2S. The third-order valence-corrected chi connectivity index (χ3v) is 6.85. The summed E-state index contributed by atoms with van der Waals surface area (Å²) >= 11 is 1.35. The van der Waals surface area contributed by atoms with E-state index in [-0.39, 0.29) is 29.9 Å². The van der Waals surface area contributed by atoms with Crippen LogP contribution in [0.1, 0.15) is 39.1 Å². The van der Waals surface area contributed by atoms with Crippen molar-refractivity contribution in [1.82, 2.24) is 24.8 Å². The molecular weight excluding hydrogens is 410 g/mol. The van der Waals surface area contributed by atoms with Gasteiger partial charge < -0.3 is 10.2 Å². The summed E-state index contributed by atoms with van der Waals surface area (Å²) in [5.74, 6) is 0.813. The minimum absolute atomic E-state index is 0. The number of pyridine rings is 1. The fourth-order valence-electron chi connectivity index (χ4n) is 4.23. The number of nitrogens with zero attached hydrogens (tertiary/aromatic N) is 4. The lowest BCUT2D eigenvalue weighted by Gasteiger charge is -2.36. The first kappa shape index (κ1) is 20.0. The molecule has 1 N–H and O–H groups in total. The number of rotatable bonds is 2. The number of nitrogens with one attached hydrogen (secondary N) is 1. The highest BCUT2D eigenvalue weighted by molar-refractivity contribution is 7.20. The molecule has 0 aromatic carbocycles. The fraction of sp³-hybridized carbons (Fsp3) is 0.400. The van der Waals surface area contributed by atoms with E-state index in [1.165, 1.54) is 11.3 Å². The third kappa shape index (κ3) is 3.25. The van der Waals surface area contributed by atoms with Crippen LogP contribution in [-0.2, 0) is 13.0 Å². The van der Waals surface area contributed by atoms with Gasteiger partial charge in [0.25, 0.3) is 11.5 Å². The zero-order valence-corrected chi connectivity index (χ0v) is 17.7. The van der Waals surface area contributed by atoms with Gasteiger partial charge in [-0.3, -0.25) is 19.1 Å². The molecule has 2 aliphatic heterocycles. The highest BCUT2D eigenvalue weighted by Crippen LogP contribution is 2.32. The van der Waals surface area contributed by atoms with E-state index in [1.54, 1.807) is 10.8 Å². The van der Waals surface area contributed by atoms with E-state index < -0.39 is 0 Å². The Balaban J connectivity index is 0.00000205. The maximum atomic E-state index is 13.5. The summed E-state index contributed by atoms with van der Waals surface area (Å²) in [6.45, 7) is 4.65. The first-order valence-electron chi connectivity index (χ1n) is 9.59. The summed E-state index contributed by atoms with van der Waals surface area (Å²) in [5.41, 5.74) is 1.77. The number of carbonyl (C=O) groups is 1. The highest BCUT2D eigenvalue weighted by atomic mass is 35.5. The second kappa shape index (κ2) is 7.85. The molecule has 9 heteroatoms. The summed E-state index contributed by atoms with van der Waals surface area (Å²) in [6, 6.07) is 3.82. The predicted octanol–water partition coefficient (Wildman–Crippen LogP) is 2.32. The number of halogens is 1. The van der Waals surface area contributed by atoms with Crippen LogP contribution in [0, 0.1) is 6.92 Å². The standard InChI is InChI=1S/C20H21N5O2S.ClH/c1-12-16-18(23-15-5-3-8-25(15)19(16)26)28-17(12)20(27)24-9-7-22-11-14(24)13-4-2-6-21-10-13;/h2,4,6,10,14,22H,3,5,7-9,11H2,1H3;1H. The van der Waals surface area contributed by atoms with Crippen molar-refractivity contribution in [2.45, 2.75) is 32.4 Å². The molecule has 5 heterocycles. The Hall–Kier alpha value is -2.29. The zero-order valence-electron chi connectivity index (χ0n) is 16.1. The van der Waals surface area contributed by atoms with Crippen molar-refractivity contribution in [2.24, 2.45) is 0 Å². The molecule has 1 saturated heterocycles. The average molecular weight is 432 g/mol. The molecule has 1 amide bonds. The maximum absolute atomic E-state index is 13.5. The molecule has 0 aliphatic carbocycles. The summed E-state index contributed by atoms with van der Waals surface area (Å²) in [4.78, 5) is 38.5. The van der Waals surface area contributed by atoms with E-state index >= 15 is 0 Å². The van der Waals surface area contributed by atoms with Gasteiger partial charge in [-0.15, -0.1) is 23.7 Å². The second-order valence-electron chi connectivity index (χ2n) is 7.33. The number of aromatic nitrogens is 3. The Kier molecular flexibility index (Phi) is 5.42. The number of piperazine rings is 1. The predicted molar refractivity (Wildman–Crippen MR) is 115 cm³/mol. The molecule has 29 heavy (non-hydrogen) atoms. The lowest BCUT2D eigenvalue weighted by Crippen LogP contribution is -2.48. The third-order valence-electron chi connectivity index (χ3n) is 5.68. The molecule has 2 aliphatic rings. The molecule has 1 atom stereocenters. The lowest BCUT2D eigenvalue weighted by molar-refractivity contribution is 0.0638. The summed E-state index contributed by atoms with van der Waals surface area (Å²) in [6.07, 6.45) is 5.33. The molecule has 5 rings (SSSR count). The van der Waals surface area contributed by atoms with Crippen LogP contribution in [0.25, 0.3) is 10.2 Å². The van der Waals surface area contributed by atoms with Gasteiger partial charge in [0.15, 0.2) is 0 Å². The molecule has 0 bridgehead atoms. The smallest absolute Gasteiger partial charge is 0.264 e. The normalized spacial score (nSPS) is 18.5. The summed E-state index contributed by atoms with van der Waals surface area (Å²) in [5, 5.41) is 3.97. The van der Waals surface area contributed by atoms with Crippen molar-refractivity contribution >= 4 is 39.9 Å². The number of fused-ring (bicyclic) bond motifs is 2. The molecule has 0 saturated carbocycles. The molecule has 1 fully saturated rings. The van der Waals surface area contributed by atoms with Crippen LogP contribution in [-0.4, -0.2) is 45.0 Å². The minimum atomic E-state index is -0.0707. The number of aryl methyl sites for hydroxylation is 2. The zero-order chi connectivity index (χ0) is 19.3. The number of amides is 1. The quantitative estimate of drug-likeness (QED) is 0.673. The van der Waals surface area contributed by atoms with E-state index in [2.05, 4.69) is 10.3 Å². The Morgan fingerprint density at radius 2 is 2.21 bits per heavy atom. The first-order valence-corrected chi connectivity index (χ1v) is 10.4. The maximum Gasteiger partial charge on any atom is 0.264 e.